The highest BCUT2D eigenvalue weighted by Gasteiger charge is 2.23. The van der Waals surface area contributed by atoms with Crippen LogP contribution in [0.2, 0.25) is 5.02 Å². The monoisotopic (exact) mass is 252 g/mol. The van der Waals surface area contributed by atoms with E-state index in [0.29, 0.717) is 6.04 Å². The Labute approximate surface area is 109 Å². The van der Waals surface area contributed by atoms with Gasteiger partial charge in [0.25, 0.3) is 0 Å². The molecule has 2 atom stereocenters. The lowest BCUT2D eigenvalue weighted by atomic mass is 9.97. The van der Waals surface area contributed by atoms with Gasteiger partial charge in [-0.15, -0.1) is 0 Å². The first-order valence-electron chi connectivity index (χ1n) is 6.44. The molecule has 1 aliphatic heterocycles. The SMILES string of the molecule is CCC(C)C1CN(c2cccc(Cl)c2)CCN1. The number of nitrogens with one attached hydrogen (secondary N) is 1. The van der Waals surface area contributed by atoms with Crippen LogP contribution in [0.1, 0.15) is 20.3 Å². The molecule has 1 fully saturated rings. The quantitative estimate of drug-likeness (QED) is 0.889. The van der Waals surface area contributed by atoms with Crippen molar-refractivity contribution in [2.45, 2.75) is 26.3 Å². The summed E-state index contributed by atoms with van der Waals surface area (Å²) < 4.78 is 0. The molecule has 2 unspecified atom stereocenters. The number of hydrogen-bond acceptors (Lipinski definition) is 2. The summed E-state index contributed by atoms with van der Waals surface area (Å²) >= 11 is 6.05. The van der Waals surface area contributed by atoms with Gasteiger partial charge in [-0.05, 0) is 24.1 Å². The van der Waals surface area contributed by atoms with Crippen molar-refractivity contribution < 1.29 is 0 Å². The van der Waals surface area contributed by atoms with E-state index in [1.165, 1.54) is 12.1 Å². The second-order valence-corrected chi connectivity index (χ2v) is 5.31. The van der Waals surface area contributed by atoms with Crippen LogP contribution in [0.3, 0.4) is 0 Å². The fraction of sp³-hybridized carbons (Fsp3) is 0.571. The van der Waals surface area contributed by atoms with Crippen molar-refractivity contribution >= 4 is 17.3 Å². The second-order valence-electron chi connectivity index (χ2n) is 4.87. The minimum Gasteiger partial charge on any atom is -0.369 e. The van der Waals surface area contributed by atoms with E-state index in [2.05, 4.69) is 36.2 Å². The number of hydrogen-bond donors (Lipinski definition) is 1. The maximum Gasteiger partial charge on any atom is 0.0426 e. The van der Waals surface area contributed by atoms with Gasteiger partial charge in [0.2, 0.25) is 0 Å². The Morgan fingerprint density at radius 2 is 2.35 bits per heavy atom. The molecular formula is C14H21ClN2. The molecule has 0 radical (unpaired) electrons. The smallest absolute Gasteiger partial charge is 0.0426 e. The Bertz CT molecular complexity index is 367. The molecule has 0 amide bonds. The zero-order chi connectivity index (χ0) is 12.3. The molecule has 0 spiro atoms. The summed E-state index contributed by atoms with van der Waals surface area (Å²) in [6.45, 7) is 7.77. The normalized spacial score (nSPS) is 22.5. The first-order chi connectivity index (χ1) is 8.20. The Kier molecular flexibility index (Phi) is 4.30. The Morgan fingerprint density at radius 3 is 3.06 bits per heavy atom. The number of rotatable bonds is 3. The highest BCUT2D eigenvalue weighted by molar-refractivity contribution is 6.30. The lowest BCUT2D eigenvalue weighted by Gasteiger charge is -2.38. The van der Waals surface area contributed by atoms with Crippen LogP contribution in [0.25, 0.3) is 0 Å². The second kappa shape index (κ2) is 5.74. The maximum absolute atomic E-state index is 6.05. The van der Waals surface area contributed by atoms with E-state index in [4.69, 9.17) is 11.6 Å². The zero-order valence-corrected chi connectivity index (χ0v) is 11.4. The molecule has 17 heavy (non-hydrogen) atoms. The van der Waals surface area contributed by atoms with Gasteiger partial charge in [-0.2, -0.15) is 0 Å². The van der Waals surface area contributed by atoms with E-state index in [0.717, 1.165) is 30.6 Å². The molecule has 1 saturated heterocycles. The molecule has 0 bridgehead atoms. The Balaban J connectivity index is 2.07. The maximum atomic E-state index is 6.05. The third-order valence-corrected chi connectivity index (χ3v) is 3.94. The van der Waals surface area contributed by atoms with E-state index in [1.807, 2.05) is 12.1 Å². The summed E-state index contributed by atoms with van der Waals surface area (Å²) in [7, 11) is 0. The van der Waals surface area contributed by atoms with Crippen molar-refractivity contribution in [1.82, 2.24) is 5.32 Å². The van der Waals surface area contributed by atoms with E-state index in [1.54, 1.807) is 0 Å². The van der Waals surface area contributed by atoms with Crippen molar-refractivity contribution in [3.05, 3.63) is 29.3 Å². The third-order valence-electron chi connectivity index (χ3n) is 3.71. The molecule has 1 aromatic carbocycles. The largest absolute Gasteiger partial charge is 0.369 e. The van der Waals surface area contributed by atoms with Gasteiger partial charge in [-0.3, -0.25) is 0 Å². The molecule has 1 N–H and O–H groups in total. The molecule has 94 valence electrons. The Morgan fingerprint density at radius 1 is 1.53 bits per heavy atom. The van der Waals surface area contributed by atoms with Gasteiger partial charge < -0.3 is 10.2 Å². The van der Waals surface area contributed by atoms with Crippen molar-refractivity contribution in [2.24, 2.45) is 5.92 Å². The summed E-state index contributed by atoms with van der Waals surface area (Å²) in [5.74, 6) is 0.719. The highest BCUT2D eigenvalue weighted by Crippen LogP contribution is 2.22. The average molecular weight is 253 g/mol. The molecule has 2 nitrogen and oxygen atoms in total. The van der Waals surface area contributed by atoms with Crippen LogP contribution in [0.4, 0.5) is 5.69 Å². The first kappa shape index (κ1) is 12.7. The van der Waals surface area contributed by atoms with Gasteiger partial charge >= 0.3 is 0 Å². The minimum atomic E-state index is 0.590. The zero-order valence-electron chi connectivity index (χ0n) is 10.6. The Hall–Kier alpha value is -0.730. The summed E-state index contributed by atoms with van der Waals surface area (Å²) in [6.07, 6.45) is 1.22. The number of benzene rings is 1. The van der Waals surface area contributed by atoms with Crippen molar-refractivity contribution in [3.8, 4) is 0 Å². The lowest BCUT2D eigenvalue weighted by molar-refractivity contribution is 0.342. The van der Waals surface area contributed by atoms with E-state index in [9.17, 15) is 0 Å². The van der Waals surface area contributed by atoms with Crippen molar-refractivity contribution in [3.63, 3.8) is 0 Å². The lowest BCUT2D eigenvalue weighted by Crippen LogP contribution is -2.53. The van der Waals surface area contributed by atoms with Gasteiger partial charge in [-0.25, -0.2) is 0 Å². The predicted molar refractivity (Wildman–Crippen MR) is 74.9 cm³/mol. The summed E-state index contributed by atoms with van der Waals surface area (Å²) in [5, 5.41) is 4.43. The van der Waals surface area contributed by atoms with Crippen LogP contribution in [-0.4, -0.2) is 25.7 Å². The summed E-state index contributed by atoms with van der Waals surface area (Å²) in [4.78, 5) is 2.43. The van der Waals surface area contributed by atoms with Gasteiger partial charge in [0.1, 0.15) is 0 Å². The molecule has 1 aromatic rings. The van der Waals surface area contributed by atoms with E-state index < -0.39 is 0 Å². The van der Waals surface area contributed by atoms with Gasteiger partial charge in [0.15, 0.2) is 0 Å². The van der Waals surface area contributed by atoms with Crippen LogP contribution >= 0.6 is 11.6 Å². The van der Waals surface area contributed by atoms with Gasteiger partial charge in [0.05, 0.1) is 0 Å². The molecular weight excluding hydrogens is 232 g/mol. The average Bonchev–Trinajstić information content (AvgIpc) is 2.38. The van der Waals surface area contributed by atoms with Gasteiger partial charge in [-0.1, -0.05) is 37.9 Å². The summed E-state index contributed by atoms with van der Waals surface area (Å²) in [5.41, 5.74) is 1.24. The molecule has 0 saturated carbocycles. The third kappa shape index (κ3) is 3.14. The number of piperazine rings is 1. The molecule has 0 aliphatic carbocycles. The standard InChI is InChI=1S/C14H21ClN2/c1-3-11(2)14-10-17(8-7-16-14)13-6-4-5-12(15)9-13/h4-6,9,11,14,16H,3,7-8,10H2,1-2H3. The molecule has 1 aliphatic rings. The number of anilines is 1. The van der Waals surface area contributed by atoms with E-state index >= 15 is 0 Å². The minimum absolute atomic E-state index is 0.590. The number of halogens is 1. The van der Waals surface area contributed by atoms with Crippen LogP contribution < -0.4 is 10.2 Å². The molecule has 3 heteroatoms. The van der Waals surface area contributed by atoms with Gasteiger partial charge in [0, 0.05) is 36.4 Å². The summed E-state index contributed by atoms with van der Waals surface area (Å²) in [6, 6.07) is 8.75. The van der Waals surface area contributed by atoms with Crippen LogP contribution in [0.5, 0.6) is 0 Å². The predicted octanol–water partition coefficient (Wildman–Crippen LogP) is 3.16. The van der Waals surface area contributed by atoms with Crippen LogP contribution in [0, 0.1) is 5.92 Å². The van der Waals surface area contributed by atoms with Crippen molar-refractivity contribution in [1.29, 1.82) is 0 Å². The van der Waals surface area contributed by atoms with Crippen LogP contribution in [0.15, 0.2) is 24.3 Å². The molecule has 0 aromatic heterocycles. The fourth-order valence-electron chi connectivity index (χ4n) is 2.35. The topological polar surface area (TPSA) is 15.3 Å². The van der Waals surface area contributed by atoms with Crippen molar-refractivity contribution in [2.75, 3.05) is 24.5 Å². The molecule has 2 rings (SSSR count). The van der Waals surface area contributed by atoms with E-state index in [-0.39, 0.29) is 0 Å². The number of nitrogens with zero attached hydrogens (tertiary/aromatic N) is 1. The fourth-order valence-corrected chi connectivity index (χ4v) is 2.54. The van der Waals surface area contributed by atoms with Crippen LogP contribution in [-0.2, 0) is 0 Å². The first-order valence-corrected chi connectivity index (χ1v) is 6.82. The molecule has 1 heterocycles. The highest BCUT2D eigenvalue weighted by atomic mass is 35.5.